The Hall–Kier alpha value is -4.28. The van der Waals surface area contributed by atoms with Crippen molar-refractivity contribution in [1.82, 2.24) is 0 Å². The summed E-state index contributed by atoms with van der Waals surface area (Å²) >= 11 is 2.61. The van der Waals surface area contributed by atoms with E-state index in [1.54, 1.807) is 27.3 Å². The molecule has 0 heterocycles. The molecule has 1 aliphatic carbocycles. The van der Waals surface area contributed by atoms with Gasteiger partial charge in [-0.25, -0.2) is 0 Å². The van der Waals surface area contributed by atoms with Crippen LogP contribution in [-0.4, -0.2) is 43.0 Å². The Balaban J connectivity index is 1.50. The molecule has 0 radical (unpaired) electrons. The number of carbonyl (C=O) groups is 2. The third kappa shape index (κ3) is 5.28. The normalized spacial score (nSPS) is 12.1. The molecule has 41 heavy (non-hydrogen) atoms. The van der Waals surface area contributed by atoms with Gasteiger partial charge in [0.1, 0.15) is 23.0 Å². The van der Waals surface area contributed by atoms with Gasteiger partial charge in [-0.05, 0) is 47.5 Å². The van der Waals surface area contributed by atoms with Crippen LogP contribution in [0.3, 0.4) is 0 Å². The first-order chi connectivity index (χ1) is 19.8. The second-order valence-electron chi connectivity index (χ2n) is 9.27. The average molecular weight is 589 g/mol. The highest BCUT2D eigenvalue weighted by Gasteiger charge is 2.39. The van der Waals surface area contributed by atoms with E-state index in [9.17, 15) is 19.8 Å². The lowest BCUT2D eigenvalue weighted by Gasteiger charge is -2.25. The van der Waals surface area contributed by atoms with Gasteiger partial charge in [-0.1, -0.05) is 24.3 Å². The largest absolute Gasteiger partial charge is 0.506 e. The van der Waals surface area contributed by atoms with Crippen LogP contribution in [0.4, 0.5) is 11.4 Å². The minimum absolute atomic E-state index is 0.0287. The third-order valence-electron chi connectivity index (χ3n) is 6.84. The predicted molar refractivity (Wildman–Crippen MR) is 162 cm³/mol. The highest BCUT2D eigenvalue weighted by atomic mass is 32.2. The summed E-state index contributed by atoms with van der Waals surface area (Å²) in [7, 11) is 4.82. The summed E-state index contributed by atoms with van der Waals surface area (Å²) < 4.78 is 10.4. The number of thioether (sulfide) groups is 2. The predicted octanol–water partition coefficient (Wildman–Crippen LogP) is 6.10. The molecular formula is C31H28N2O6S2. The van der Waals surface area contributed by atoms with Gasteiger partial charge in [0.05, 0.1) is 46.3 Å². The Morgan fingerprint density at radius 3 is 1.61 bits per heavy atom. The minimum Gasteiger partial charge on any atom is -0.506 e. The van der Waals surface area contributed by atoms with E-state index in [-0.39, 0.29) is 39.4 Å². The lowest BCUT2D eigenvalue weighted by molar-refractivity contribution is 0.0974. The van der Waals surface area contributed by atoms with Crippen LogP contribution in [-0.2, 0) is 11.5 Å². The maximum atomic E-state index is 13.9. The Kier molecular flexibility index (Phi) is 8.05. The van der Waals surface area contributed by atoms with Crippen molar-refractivity contribution >= 4 is 46.5 Å². The molecule has 5 rings (SSSR count). The van der Waals surface area contributed by atoms with Crippen LogP contribution in [0, 0.1) is 0 Å². The number of anilines is 2. The van der Waals surface area contributed by atoms with E-state index >= 15 is 0 Å². The minimum atomic E-state index is -0.661. The van der Waals surface area contributed by atoms with E-state index in [1.807, 2.05) is 48.5 Å². The van der Waals surface area contributed by atoms with Crippen LogP contribution < -0.4 is 20.5 Å². The monoisotopic (exact) mass is 588 g/mol. The SMILES string of the molecule is CNc1cc(SCc2ccc(OC)cc2)c(O)c2c1C(=O)c1c(N)cc(SCc3ccc(OC)cc3)c(O)c1C2=O. The average Bonchev–Trinajstić information content (AvgIpc) is 2.99. The zero-order valence-electron chi connectivity index (χ0n) is 22.6. The van der Waals surface area contributed by atoms with Crippen LogP contribution in [0.15, 0.2) is 70.5 Å². The molecular weight excluding hydrogens is 560 g/mol. The van der Waals surface area contributed by atoms with Gasteiger partial charge in [-0.15, -0.1) is 23.5 Å². The number of hydrogen-bond acceptors (Lipinski definition) is 10. The van der Waals surface area contributed by atoms with Gasteiger partial charge in [0.2, 0.25) is 5.78 Å². The maximum Gasteiger partial charge on any atom is 0.202 e. The van der Waals surface area contributed by atoms with Gasteiger partial charge >= 0.3 is 0 Å². The number of ketones is 2. The number of hydrogen-bond donors (Lipinski definition) is 4. The first-order valence-corrected chi connectivity index (χ1v) is 14.6. The molecule has 0 atom stereocenters. The summed E-state index contributed by atoms with van der Waals surface area (Å²) in [6, 6.07) is 18.1. The first kappa shape index (κ1) is 28.3. The van der Waals surface area contributed by atoms with Crippen LogP contribution in [0.5, 0.6) is 23.0 Å². The molecule has 0 fully saturated rings. The number of nitrogens with two attached hydrogens (primary N) is 1. The van der Waals surface area contributed by atoms with E-state index in [4.69, 9.17) is 15.2 Å². The zero-order valence-corrected chi connectivity index (χ0v) is 24.2. The second kappa shape index (κ2) is 11.7. The number of carbonyl (C=O) groups excluding carboxylic acids is 2. The quantitative estimate of drug-likeness (QED) is 0.0910. The Morgan fingerprint density at radius 1 is 0.707 bits per heavy atom. The molecule has 5 N–H and O–H groups in total. The van der Waals surface area contributed by atoms with Crippen molar-refractivity contribution in [3.05, 3.63) is 94.0 Å². The lowest BCUT2D eigenvalue weighted by atomic mass is 9.81. The van der Waals surface area contributed by atoms with Crippen molar-refractivity contribution < 1.29 is 29.3 Å². The first-order valence-electron chi connectivity index (χ1n) is 12.6. The summed E-state index contributed by atoms with van der Waals surface area (Å²) in [5.74, 6) is 0.598. The van der Waals surface area contributed by atoms with Crippen molar-refractivity contribution in [3.63, 3.8) is 0 Å². The van der Waals surface area contributed by atoms with Gasteiger partial charge in [-0.2, -0.15) is 0 Å². The number of rotatable bonds is 9. The Labute approximate surface area is 245 Å². The van der Waals surface area contributed by atoms with Crippen molar-refractivity contribution in [3.8, 4) is 23.0 Å². The number of aromatic hydroxyl groups is 2. The summed E-state index contributed by atoms with van der Waals surface area (Å²) in [6.45, 7) is 0. The highest BCUT2D eigenvalue weighted by Crippen LogP contribution is 2.48. The molecule has 0 spiro atoms. The number of ether oxygens (including phenoxy) is 2. The summed E-state index contributed by atoms with van der Waals surface area (Å²) in [4.78, 5) is 28.4. The molecule has 0 unspecified atom stereocenters. The summed E-state index contributed by atoms with van der Waals surface area (Å²) in [5.41, 5.74) is 8.33. The van der Waals surface area contributed by atoms with Crippen LogP contribution in [0.1, 0.15) is 43.0 Å². The van der Waals surface area contributed by atoms with Crippen LogP contribution in [0.25, 0.3) is 0 Å². The van der Waals surface area contributed by atoms with Gasteiger partial charge in [0.15, 0.2) is 5.78 Å². The van der Waals surface area contributed by atoms with Gasteiger partial charge in [0.25, 0.3) is 0 Å². The standard InChI is InChI=1S/C31H28N2O6S2/c1-33-21-13-23(41-15-17-6-10-19(39-3)11-7-17)29(35)27-25(21)30(36)24-20(32)12-22(28(34)26(24)31(27)37)40-14-16-4-8-18(38-2)9-5-16/h4-13,33-35H,14-15,32H2,1-3H3. The molecule has 0 aliphatic heterocycles. The van der Waals surface area contributed by atoms with E-state index in [2.05, 4.69) is 5.32 Å². The molecule has 0 aromatic heterocycles. The van der Waals surface area contributed by atoms with E-state index in [1.165, 1.54) is 29.6 Å². The zero-order chi connectivity index (χ0) is 29.3. The Bertz CT molecular complexity index is 1650. The molecule has 4 aromatic rings. The fraction of sp³-hybridized carbons (Fsp3) is 0.161. The maximum absolute atomic E-state index is 13.9. The second-order valence-corrected chi connectivity index (χ2v) is 11.3. The number of methoxy groups -OCH3 is 2. The fourth-order valence-electron chi connectivity index (χ4n) is 4.67. The smallest absolute Gasteiger partial charge is 0.202 e. The molecule has 0 bridgehead atoms. The molecule has 10 heteroatoms. The number of fused-ring (bicyclic) bond motifs is 2. The molecule has 0 saturated carbocycles. The number of nitrogens with one attached hydrogen (secondary N) is 1. The molecule has 1 aliphatic rings. The van der Waals surface area contributed by atoms with Crippen molar-refractivity contribution in [2.75, 3.05) is 32.3 Å². The van der Waals surface area contributed by atoms with Crippen molar-refractivity contribution in [2.24, 2.45) is 0 Å². The number of phenols is 2. The number of nitrogen functional groups attached to an aromatic ring is 1. The van der Waals surface area contributed by atoms with Crippen LogP contribution in [0.2, 0.25) is 0 Å². The lowest BCUT2D eigenvalue weighted by Crippen LogP contribution is -2.24. The topological polar surface area (TPSA) is 131 Å². The van der Waals surface area contributed by atoms with E-state index < -0.39 is 11.6 Å². The van der Waals surface area contributed by atoms with E-state index in [0.29, 0.717) is 27.0 Å². The number of benzene rings is 4. The third-order valence-corrected chi connectivity index (χ3v) is 9.04. The molecule has 210 valence electrons. The van der Waals surface area contributed by atoms with Gasteiger partial charge in [-0.3, -0.25) is 9.59 Å². The van der Waals surface area contributed by atoms with Gasteiger partial charge in [0, 0.05) is 29.9 Å². The van der Waals surface area contributed by atoms with Crippen LogP contribution >= 0.6 is 23.5 Å². The highest BCUT2D eigenvalue weighted by molar-refractivity contribution is 7.98. The van der Waals surface area contributed by atoms with E-state index in [0.717, 1.165) is 22.6 Å². The summed E-state index contributed by atoms with van der Waals surface area (Å²) in [6.07, 6.45) is 0. The molecule has 4 aromatic carbocycles. The molecule has 8 nitrogen and oxygen atoms in total. The van der Waals surface area contributed by atoms with Crippen molar-refractivity contribution in [2.45, 2.75) is 21.3 Å². The molecule has 0 saturated heterocycles. The van der Waals surface area contributed by atoms with Crippen molar-refractivity contribution in [1.29, 1.82) is 0 Å². The molecule has 0 amide bonds. The Morgan fingerprint density at radius 2 is 1.15 bits per heavy atom. The fourth-order valence-corrected chi connectivity index (χ4v) is 6.59. The van der Waals surface area contributed by atoms with Gasteiger partial charge < -0.3 is 30.7 Å². The number of phenolic OH excluding ortho intramolecular Hbond substituents is 2. The summed E-state index contributed by atoms with van der Waals surface area (Å²) in [5, 5.41) is 25.5.